The van der Waals surface area contributed by atoms with Crippen molar-refractivity contribution in [2.45, 2.75) is 59.1 Å². The second kappa shape index (κ2) is 12.1. The number of amides is 1. The molecular weight excluding hydrogens is 416 g/mol. The van der Waals surface area contributed by atoms with Crippen LogP contribution in [0.1, 0.15) is 49.8 Å². The third-order valence-corrected chi connectivity index (χ3v) is 6.27. The fraction of sp³-hybridized carbons (Fsp3) is 0.519. The number of aliphatic hydroxyl groups excluding tert-OH is 1. The highest BCUT2D eigenvalue weighted by Crippen LogP contribution is 2.34. The van der Waals surface area contributed by atoms with Crippen LogP contribution in [0.3, 0.4) is 0 Å². The van der Waals surface area contributed by atoms with E-state index in [-0.39, 0.29) is 12.5 Å². The first-order valence-corrected chi connectivity index (χ1v) is 12.2. The Morgan fingerprint density at radius 1 is 1.12 bits per heavy atom. The number of aryl methyl sites for hydroxylation is 1. The van der Waals surface area contributed by atoms with Gasteiger partial charge in [-0.25, -0.2) is 0 Å². The summed E-state index contributed by atoms with van der Waals surface area (Å²) < 4.78 is 11.3. The van der Waals surface area contributed by atoms with Gasteiger partial charge >= 0.3 is 0 Å². The van der Waals surface area contributed by atoms with E-state index < -0.39 is 6.10 Å². The first kappa shape index (κ1) is 25.1. The molecule has 2 aliphatic rings. The number of hydrogen-bond donors (Lipinski definition) is 1. The third-order valence-electron chi connectivity index (χ3n) is 6.27. The molecule has 2 aromatic rings. The molecule has 2 heterocycles. The molecule has 2 aliphatic heterocycles. The van der Waals surface area contributed by atoms with Crippen molar-refractivity contribution in [3.63, 3.8) is 0 Å². The zero-order chi connectivity index (χ0) is 23.8. The number of nitrogens with zero attached hydrogens (tertiary/aromatic N) is 2. The van der Waals surface area contributed by atoms with Crippen molar-refractivity contribution in [3.8, 4) is 11.5 Å². The van der Waals surface area contributed by atoms with Crippen LogP contribution in [0.5, 0.6) is 11.5 Å². The minimum absolute atomic E-state index is 0.0536. The Morgan fingerprint density at radius 3 is 2.64 bits per heavy atom. The summed E-state index contributed by atoms with van der Waals surface area (Å²) >= 11 is 0. The Morgan fingerprint density at radius 2 is 1.88 bits per heavy atom. The van der Waals surface area contributed by atoms with Gasteiger partial charge in [-0.3, -0.25) is 9.69 Å². The molecule has 2 aromatic carbocycles. The number of fused-ring (bicyclic) bond motifs is 2. The number of para-hydroxylation sites is 2. The lowest BCUT2D eigenvalue weighted by Gasteiger charge is -2.34. The van der Waals surface area contributed by atoms with Crippen molar-refractivity contribution in [3.05, 3.63) is 53.1 Å². The zero-order valence-electron chi connectivity index (χ0n) is 20.5. The number of aliphatic hydroxyl groups is 1. The van der Waals surface area contributed by atoms with Gasteiger partial charge in [0.05, 0.1) is 12.8 Å². The van der Waals surface area contributed by atoms with Crippen molar-refractivity contribution in [1.82, 2.24) is 4.90 Å². The summed E-state index contributed by atoms with van der Waals surface area (Å²) in [5.41, 5.74) is 4.82. The molecule has 0 saturated carbocycles. The maximum Gasteiger partial charge on any atom is 0.268 e. The number of ether oxygens (including phenoxy) is 2. The third kappa shape index (κ3) is 5.87. The minimum Gasteiger partial charge on any atom is -0.496 e. The molecule has 0 radical (unpaired) electrons. The Bertz CT molecular complexity index is 930. The van der Waals surface area contributed by atoms with Crippen LogP contribution in [-0.2, 0) is 17.8 Å². The van der Waals surface area contributed by atoms with E-state index in [4.69, 9.17) is 9.47 Å². The second-order valence-corrected chi connectivity index (χ2v) is 8.40. The van der Waals surface area contributed by atoms with Gasteiger partial charge < -0.3 is 19.5 Å². The van der Waals surface area contributed by atoms with Crippen LogP contribution in [-0.4, -0.2) is 55.4 Å². The molecule has 0 fully saturated rings. The molecule has 1 atom stereocenters. The highest BCUT2D eigenvalue weighted by molar-refractivity contribution is 6.00. The molecule has 33 heavy (non-hydrogen) atoms. The van der Waals surface area contributed by atoms with E-state index >= 15 is 0 Å². The number of hydrogen-bond acceptors (Lipinski definition) is 5. The standard InChI is InChI=1S/C25H32N2O4.C2H6/c1-18-15-19-9-13-26(17-20(19)16-24(18)30-2)11-5-6-12-27-21-7-3-4-8-22(21)31-23(10-14-28)25(27)29;1-2/h3-4,7-8,15-16,23,28H,5-6,9-14,17H2,1-2H3;1-2H3. The Labute approximate surface area is 198 Å². The summed E-state index contributed by atoms with van der Waals surface area (Å²) in [5, 5.41) is 9.28. The summed E-state index contributed by atoms with van der Waals surface area (Å²) in [6, 6.07) is 12.1. The summed E-state index contributed by atoms with van der Waals surface area (Å²) in [4.78, 5) is 17.2. The van der Waals surface area contributed by atoms with Gasteiger partial charge in [0.15, 0.2) is 6.10 Å². The van der Waals surface area contributed by atoms with Crippen molar-refractivity contribution in [2.24, 2.45) is 0 Å². The lowest BCUT2D eigenvalue weighted by Crippen LogP contribution is -2.46. The van der Waals surface area contributed by atoms with E-state index in [1.165, 1.54) is 16.7 Å². The summed E-state index contributed by atoms with van der Waals surface area (Å²) in [6.07, 6.45) is 2.73. The van der Waals surface area contributed by atoms with E-state index in [1.807, 2.05) is 43.0 Å². The minimum atomic E-state index is -0.600. The fourth-order valence-electron chi connectivity index (χ4n) is 4.59. The number of carbonyl (C=O) groups is 1. The van der Waals surface area contributed by atoms with Crippen molar-refractivity contribution in [1.29, 1.82) is 0 Å². The highest BCUT2D eigenvalue weighted by Gasteiger charge is 2.33. The molecule has 180 valence electrons. The Balaban J connectivity index is 0.00000149. The van der Waals surface area contributed by atoms with Gasteiger partial charge in [-0.2, -0.15) is 0 Å². The van der Waals surface area contributed by atoms with Gasteiger partial charge in [-0.05, 0) is 67.6 Å². The van der Waals surface area contributed by atoms with Crippen LogP contribution in [0.25, 0.3) is 0 Å². The number of anilines is 1. The molecule has 0 aromatic heterocycles. The lowest BCUT2D eigenvalue weighted by atomic mass is 9.96. The fourth-order valence-corrected chi connectivity index (χ4v) is 4.59. The number of unbranched alkanes of at least 4 members (excludes halogenated alkanes) is 1. The molecule has 0 saturated heterocycles. The van der Waals surface area contributed by atoms with Gasteiger partial charge in [-0.1, -0.05) is 32.0 Å². The predicted molar refractivity (Wildman–Crippen MR) is 132 cm³/mol. The van der Waals surface area contributed by atoms with Gasteiger partial charge in [0.25, 0.3) is 5.91 Å². The van der Waals surface area contributed by atoms with E-state index in [1.54, 1.807) is 7.11 Å². The molecule has 4 rings (SSSR count). The largest absolute Gasteiger partial charge is 0.496 e. The predicted octanol–water partition coefficient (Wildman–Crippen LogP) is 4.34. The number of rotatable bonds is 8. The first-order valence-electron chi connectivity index (χ1n) is 12.2. The molecule has 1 amide bonds. The smallest absolute Gasteiger partial charge is 0.268 e. The average molecular weight is 455 g/mol. The molecule has 1 unspecified atom stereocenters. The summed E-state index contributed by atoms with van der Waals surface area (Å²) in [6.45, 7) is 9.73. The first-order chi connectivity index (χ1) is 16.1. The number of benzene rings is 2. The molecule has 6 nitrogen and oxygen atoms in total. The molecule has 0 aliphatic carbocycles. The van der Waals surface area contributed by atoms with E-state index in [9.17, 15) is 9.90 Å². The molecule has 6 heteroatoms. The van der Waals surface area contributed by atoms with Gasteiger partial charge in [0, 0.05) is 32.7 Å². The summed E-state index contributed by atoms with van der Waals surface area (Å²) in [5.74, 6) is 1.63. The number of methoxy groups -OCH3 is 1. The van der Waals surface area contributed by atoms with E-state index in [2.05, 4.69) is 24.0 Å². The average Bonchev–Trinajstić information content (AvgIpc) is 2.84. The van der Waals surface area contributed by atoms with Crippen LogP contribution in [0, 0.1) is 6.92 Å². The van der Waals surface area contributed by atoms with Crippen LogP contribution in [0.4, 0.5) is 5.69 Å². The second-order valence-electron chi connectivity index (χ2n) is 8.40. The maximum absolute atomic E-state index is 12.9. The van der Waals surface area contributed by atoms with Gasteiger partial charge in [0.2, 0.25) is 0 Å². The highest BCUT2D eigenvalue weighted by atomic mass is 16.5. The van der Waals surface area contributed by atoms with E-state index in [0.717, 1.165) is 56.1 Å². The monoisotopic (exact) mass is 454 g/mol. The molecular formula is C27H38N2O4. The quantitative estimate of drug-likeness (QED) is 0.601. The van der Waals surface area contributed by atoms with Crippen molar-refractivity contribution >= 4 is 11.6 Å². The lowest BCUT2D eigenvalue weighted by molar-refractivity contribution is -0.127. The Kier molecular flexibility index (Phi) is 9.15. The maximum atomic E-state index is 12.9. The normalized spacial score (nSPS) is 17.4. The van der Waals surface area contributed by atoms with Crippen LogP contribution < -0.4 is 14.4 Å². The zero-order valence-corrected chi connectivity index (χ0v) is 20.5. The Hall–Kier alpha value is -2.57. The summed E-state index contributed by atoms with van der Waals surface area (Å²) in [7, 11) is 1.73. The molecule has 0 spiro atoms. The topological polar surface area (TPSA) is 62.2 Å². The SMILES string of the molecule is CC.COc1cc2c(cc1C)CCN(CCCCN1C(=O)C(CCO)Oc3ccccc31)C2. The van der Waals surface area contributed by atoms with Crippen LogP contribution in [0.15, 0.2) is 36.4 Å². The van der Waals surface area contributed by atoms with Crippen molar-refractivity contribution in [2.75, 3.05) is 38.3 Å². The molecule has 0 bridgehead atoms. The van der Waals surface area contributed by atoms with Gasteiger partial charge in [0.1, 0.15) is 11.5 Å². The van der Waals surface area contributed by atoms with Crippen LogP contribution in [0.2, 0.25) is 0 Å². The van der Waals surface area contributed by atoms with Gasteiger partial charge in [-0.15, -0.1) is 0 Å². The van der Waals surface area contributed by atoms with Crippen molar-refractivity contribution < 1.29 is 19.4 Å². The van der Waals surface area contributed by atoms with E-state index in [0.29, 0.717) is 13.0 Å². The number of carbonyl (C=O) groups excluding carboxylic acids is 1. The molecule has 1 N–H and O–H groups in total. The van der Waals surface area contributed by atoms with Crippen LogP contribution >= 0.6 is 0 Å².